The third kappa shape index (κ3) is 2.10. The lowest BCUT2D eigenvalue weighted by molar-refractivity contribution is 0.0976. The molecule has 19 heavy (non-hydrogen) atoms. The molecule has 2 heterocycles. The van der Waals surface area contributed by atoms with Gasteiger partial charge in [0.1, 0.15) is 0 Å². The second-order valence-corrected chi connectivity index (χ2v) is 4.52. The van der Waals surface area contributed by atoms with Crippen LogP contribution in [0.4, 0.5) is 10.1 Å². The number of carbonyl (C=O) groups is 1. The number of aryl methyl sites for hydroxylation is 1. The number of para-hydroxylation sites is 1. The third-order valence-corrected chi connectivity index (χ3v) is 3.32. The van der Waals surface area contributed by atoms with Gasteiger partial charge in [-0.2, -0.15) is 0 Å². The van der Waals surface area contributed by atoms with Crippen LogP contribution in [-0.4, -0.2) is 17.4 Å². The van der Waals surface area contributed by atoms with Crippen LogP contribution in [0.2, 0.25) is 0 Å². The van der Waals surface area contributed by atoms with Crippen LogP contribution in [0.5, 0.6) is 0 Å². The van der Waals surface area contributed by atoms with E-state index in [1.807, 2.05) is 24.3 Å². The van der Waals surface area contributed by atoms with Crippen molar-refractivity contribution in [2.45, 2.75) is 12.8 Å². The Morgan fingerprint density at radius 2 is 2.05 bits per heavy atom. The van der Waals surface area contributed by atoms with Crippen molar-refractivity contribution in [2.75, 3.05) is 11.4 Å². The average Bonchev–Trinajstić information content (AvgIpc) is 2.46. The number of halogens is 1. The van der Waals surface area contributed by atoms with E-state index in [9.17, 15) is 9.18 Å². The first-order chi connectivity index (χ1) is 9.27. The summed E-state index contributed by atoms with van der Waals surface area (Å²) in [6.45, 7) is 0.603. The highest BCUT2D eigenvalue weighted by molar-refractivity contribution is 6.05. The van der Waals surface area contributed by atoms with Crippen LogP contribution < -0.4 is 4.90 Å². The number of hydrogen-bond acceptors (Lipinski definition) is 2. The molecule has 0 saturated heterocycles. The van der Waals surface area contributed by atoms with E-state index in [1.54, 1.807) is 4.90 Å². The van der Waals surface area contributed by atoms with Crippen molar-refractivity contribution in [3.8, 4) is 0 Å². The summed E-state index contributed by atoms with van der Waals surface area (Å²) in [6.07, 6.45) is 3.27. The minimum atomic E-state index is -0.574. The standard InChI is InChI=1S/C15H13FN2O/c16-12-7-3-9-17-14(12)15(19)18-10-4-6-11-5-1-2-8-13(11)18/h1-3,5,7-9H,4,6,10H2. The molecule has 1 aliphatic rings. The molecule has 1 aliphatic heterocycles. The molecule has 0 unspecified atom stereocenters. The number of carbonyl (C=O) groups excluding carboxylic acids is 1. The van der Waals surface area contributed by atoms with E-state index in [4.69, 9.17) is 0 Å². The van der Waals surface area contributed by atoms with Crippen molar-refractivity contribution < 1.29 is 9.18 Å². The van der Waals surface area contributed by atoms with Crippen LogP contribution in [0.3, 0.4) is 0 Å². The van der Waals surface area contributed by atoms with Gasteiger partial charge in [-0.05, 0) is 36.6 Å². The Morgan fingerprint density at radius 1 is 1.21 bits per heavy atom. The van der Waals surface area contributed by atoms with Crippen LogP contribution in [0.25, 0.3) is 0 Å². The summed E-state index contributed by atoms with van der Waals surface area (Å²) in [5.41, 5.74) is 1.88. The molecule has 4 heteroatoms. The van der Waals surface area contributed by atoms with E-state index in [0.717, 1.165) is 24.1 Å². The van der Waals surface area contributed by atoms with E-state index in [0.29, 0.717) is 6.54 Å². The summed E-state index contributed by atoms with van der Waals surface area (Å²) in [5.74, 6) is -0.944. The van der Waals surface area contributed by atoms with Crippen molar-refractivity contribution in [3.63, 3.8) is 0 Å². The smallest absolute Gasteiger partial charge is 0.279 e. The molecule has 1 aromatic heterocycles. The summed E-state index contributed by atoms with van der Waals surface area (Å²) in [6, 6.07) is 10.5. The maximum Gasteiger partial charge on any atom is 0.279 e. The summed E-state index contributed by atoms with van der Waals surface area (Å²) in [4.78, 5) is 17.9. The molecule has 3 nitrogen and oxygen atoms in total. The van der Waals surface area contributed by atoms with Crippen LogP contribution in [0.15, 0.2) is 42.6 Å². The molecule has 0 saturated carbocycles. The van der Waals surface area contributed by atoms with Gasteiger partial charge < -0.3 is 4.90 Å². The number of aromatic nitrogens is 1. The molecular formula is C15H13FN2O. The lowest BCUT2D eigenvalue weighted by atomic mass is 10.0. The van der Waals surface area contributed by atoms with Gasteiger partial charge in [-0.15, -0.1) is 0 Å². The monoisotopic (exact) mass is 256 g/mol. The largest absolute Gasteiger partial charge is 0.307 e. The van der Waals surface area contributed by atoms with Gasteiger partial charge in [0.05, 0.1) is 0 Å². The highest BCUT2D eigenvalue weighted by Gasteiger charge is 2.25. The van der Waals surface area contributed by atoms with Gasteiger partial charge in [0.25, 0.3) is 5.91 Å². The fourth-order valence-corrected chi connectivity index (χ4v) is 2.42. The molecule has 0 bridgehead atoms. The lowest BCUT2D eigenvalue weighted by Gasteiger charge is -2.29. The van der Waals surface area contributed by atoms with Crippen LogP contribution >= 0.6 is 0 Å². The number of pyridine rings is 1. The minimum absolute atomic E-state index is 0.112. The van der Waals surface area contributed by atoms with Gasteiger partial charge in [-0.3, -0.25) is 4.79 Å². The number of nitrogens with zero attached hydrogens (tertiary/aromatic N) is 2. The second-order valence-electron chi connectivity index (χ2n) is 4.52. The quantitative estimate of drug-likeness (QED) is 0.786. The van der Waals surface area contributed by atoms with E-state index in [1.165, 1.54) is 18.3 Å². The molecular weight excluding hydrogens is 243 g/mol. The highest BCUT2D eigenvalue weighted by Crippen LogP contribution is 2.28. The summed E-state index contributed by atoms with van der Waals surface area (Å²) in [7, 11) is 0. The Kier molecular flexibility index (Phi) is 2.99. The molecule has 0 atom stereocenters. The van der Waals surface area contributed by atoms with Gasteiger partial charge >= 0.3 is 0 Å². The molecule has 2 aromatic rings. The van der Waals surface area contributed by atoms with Crippen molar-refractivity contribution in [1.82, 2.24) is 4.98 Å². The molecule has 1 aromatic carbocycles. The Hall–Kier alpha value is -2.23. The van der Waals surface area contributed by atoms with Gasteiger partial charge in [0.15, 0.2) is 11.5 Å². The van der Waals surface area contributed by atoms with Crippen molar-refractivity contribution in [2.24, 2.45) is 0 Å². The maximum absolute atomic E-state index is 13.7. The topological polar surface area (TPSA) is 33.2 Å². The maximum atomic E-state index is 13.7. The molecule has 0 N–H and O–H groups in total. The zero-order chi connectivity index (χ0) is 13.2. The van der Waals surface area contributed by atoms with Gasteiger partial charge in [0.2, 0.25) is 0 Å². The van der Waals surface area contributed by atoms with Gasteiger partial charge in [-0.25, -0.2) is 9.37 Å². The van der Waals surface area contributed by atoms with Crippen LogP contribution in [0.1, 0.15) is 22.5 Å². The van der Waals surface area contributed by atoms with E-state index in [2.05, 4.69) is 4.98 Å². The van der Waals surface area contributed by atoms with Crippen LogP contribution in [-0.2, 0) is 6.42 Å². The summed E-state index contributed by atoms with van der Waals surface area (Å²) in [5, 5.41) is 0. The predicted molar refractivity (Wildman–Crippen MR) is 70.6 cm³/mol. The molecule has 0 fully saturated rings. The van der Waals surface area contributed by atoms with E-state index >= 15 is 0 Å². The van der Waals surface area contributed by atoms with Crippen molar-refractivity contribution >= 4 is 11.6 Å². The van der Waals surface area contributed by atoms with Crippen molar-refractivity contribution in [3.05, 3.63) is 59.7 Å². The minimum Gasteiger partial charge on any atom is -0.307 e. The van der Waals surface area contributed by atoms with Crippen molar-refractivity contribution in [1.29, 1.82) is 0 Å². The fraction of sp³-hybridized carbons (Fsp3) is 0.200. The Bertz CT molecular complexity index is 627. The van der Waals surface area contributed by atoms with E-state index < -0.39 is 5.82 Å². The van der Waals surface area contributed by atoms with Crippen LogP contribution in [0, 0.1) is 5.82 Å². The number of anilines is 1. The number of fused-ring (bicyclic) bond motifs is 1. The van der Waals surface area contributed by atoms with E-state index in [-0.39, 0.29) is 11.6 Å². The Morgan fingerprint density at radius 3 is 2.89 bits per heavy atom. The normalized spacial score (nSPS) is 14.1. The Balaban J connectivity index is 2.00. The first-order valence-electron chi connectivity index (χ1n) is 6.27. The fourth-order valence-electron chi connectivity index (χ4n) is 2.42. The first-order valence-corrected chi connectivity index (χ1v) is 6.27. The Labute approximate surface area is 110 Å². The number of amides is 1. The predicted octanol–water partition coefficient (Wildman–Crippen LogP) is 2.81. The molecule has 0 aliphatic carbocycles. The number of rotatable bonds is 1. The summed E-state index contributed by atoms with van der Waals surface area (Å²) < 4.78 is 13.7. The SMILES string of the molecule is O=C(c1ncccc1F)N1CCCc2ccccc21. The number of hydrogen-bond donors (Lipinski definition) is 0. The third-order valence-electron chi connectivity index (χ3n) is 3.32. The molecule has 3 rings (SSSR count). The lowest BCUT2D eigenvalue weighted by Crippen LogP contribution is -2.36. The average molecular weight is 256 g/mol. The summed E-state index contributed by atoms with van der Waals surface area (Å²) >= 11 is 0. The second kappa shape index (κ2) is 4.80. The highest BCUT2D eigenvalue weighted by atomic mass is 19.1. The molecule has 0 radical (unpaired) electrons. The molecule has 1 amide bonds. The molecule has 0 spiro atoms. The van der Waals surface area contributed by atoms with Gasteiger partial charge in [-0.1, -0.05) is 18.2 Å². The first kappa shape index (κ1) is 11.8. The van der Waals surface area contributed by atoms with Gasteiger partial charge in [0, 0.05) is 18.4 Å². The molecule has 96 valence electrons. The zero-order valence-corrected chi connectivity index (χ0v) is 10.3. The zero-order valence-electron chi connectivity index (χ0n) is 10.3. The number of benzene rings is 1.